The van der Waals surface area contributed by atoms with Gasteiger partial charge in [0.15, 0.2) is 11.5 Å². The fourth-order valence-corrected chi connectivity index (χ4v) is 2.22. The van der Waals surface area contributed by atoms with Gasteiger partial charge in [-0.2, -0.15) is 5.10 Å². The van der Waals surface area contributed by atoms with Crippen LogP contribution in [0.5, 0.6) is 11.5 Å². The second-order valence-electron chi connectivity index (χ2n) is 5.11. The number of rotatable bonds is 8. The van der Waals surface area contributed by atoms with Gasteiger partial charge in [-0.05, 0) is 48.4 Å². The van der Waals surface area contributed by atoms with Gasteiger partial charge in [-0.1, -0.05) is 18.5 Å². The molecule has 0 spiro atoms. The van der Waals surface area contributed by atoms with E-state index in [-0.39, 0.29) is 10.6 Å². The van der Waals surface area contributed by atoms with E-state index in [4.69, 9.17) is 21.1 Å². The summed E-state index contributed by atoms with van der Waals surface area (Å²) in [5.41, 5.74) is 3.93. The lowest BCUT2D eigenvalue weighted by Crippen LogP contribution is -2.22. The highest BCUT2D eigenvalue weighted by Crippen LogP contribution is 2.27. The highest BCUT2D eigenvalue weighted by atomic mass is 35.5. The molecule has 0 aliphatic carbocycles. The molecule has 0 aromatic heterocycles. The van der Waals surface area contributed by atoms with Crippen LogP contribution < -0.4 is 20.0 Å². The van der Waals surface area contributed by atoms with Crippen LogP contribution in [-0.2, 0) is 0 Å². The van der Waals surface area contributed by atoms with Crippen LogP contribution in [0.4, 0.5) is 5.69 Å². The molecule has 0 bridgehead atoms. The third kappa shape index (κ3) is 5.12. The molecule has 25 heavy (non-hydrogen) atoms. The molecule has 0 radical (unpaired) electrons. The monoisotopic (exact) mass is 361 g/mol. The molecular weight excluding hydrogens is 344 g/mol. The number of hydrazone groups is 1. The molecule has 0 aliphatic rings. The predicted molar refractivity (Wildman–Crippen MR) is 95.8 cm³/mol. The summed E-state index contributed by atoms with van der Waals surface area (Å²) < 4.78 is 10.9. The molecule has 0 unspecified atom stereocenters. The standard InChI is InChI=1S/C18H19ClN2O4/c1-3-8-25-16-7-4-12(9-17(16)24-2)11-20-21-13-5-6-15(19)14(10-13)18(22)23/h4-7,9-11,21H,3,8H2,1-2H3,(H,22,23)/p-1. The van der Waals surface area contributed by atoms with Crippen LogP contribution in [0, 0.1) is 0 Å². The van der Waals surface area contributed by atoms with Crippen molar-refractivity contribution in [2.24, 2.45) is 5.10 Å². The number of carboxylic acid groups (broad SMARTS) is 1. The van der Waals surface area contributed by atoms with E-state index < -0.39 is 5.97 Å². The minimum absolute atomic E-state index is 0.0963. The fraction of sp³-hybridized carbons (Fsp3) is 0.222. The Balaban J connectivity index is 2.09. The maximum atomic E-state index is 11.0. The van der Waals surface area contributed by atoms with Crippen molar-refractivity contribution in [3.63, 3.8) is 0 Å². The van der Waals surface area contributed by atoms with Crippen LogP contribution in [0.3, 0.4) is 0 Å². The summed E-state index contributed by atoms with van der Waals surface area (Å²) in [5, 5.41) is 15.2. The first-order valence-corrected chi connectivity index (χ1v) is 8.03. The molecule has 0 amide bonds. The molecule has 6 nitrogen and oxygen atoms in total. The van der Waals surface area contributed by atoms with Crippen LogP contribution in [0.1, 0.15) is 29.3 Å². The summed E-state index contributed by atoms with van der Waals surface area (Å²) in [6.45, 7) is 2.64. The second-order valence-corrected chi connectivity index (χ2v) is 5.52. The number of nitrogens with one attached hydrogen (secondary N) is 1. The van der Waals surface area contributed by atoms with E-state index in [0.29, 0.717) is 23.8 Å². The van der Waals surface area contributed by atoms with Crippen molar-refractivity contribution < 1.29 is 19.4 Å². The van der Waals surface area contributed by atoms with E-state index in [9.17, 15) is 9.90 Å². The van der Waals surface area contributed by atoms with Crippen molar-refractivity contribution in [2.75, 3.05) is 19.1 Å². The number of ether oxygens (including phenoxy) is 2. The van der Waals surface area contributed by atoms with E-state index in [2.05, 4.69) is 10.5 Å². The Morgan fingerprint density at radius 2 is 2.08 bits per heavy atom. The van der Waals surface area contributed by atoms with E-state index in [1.54, 1.807) is 25.5 Å². The van der Waals surface area contributed by atoms with Crippen molar-refractivity contribution in [1.82, 2.24) is 0 Å². The number of hydrogen-bond donors (Lipinski definition) is 1. The van der Waals surface area contributed by atoms with Crippen LogP contribution in [0.25, 0.3) is 0 Å². The summed E-state index contributed by atoms with van der Waals surface area (Å²) in [4.78, 5) is 11.0. The molecule has 0 saturated carbocycles. The predicted octanol–water partition coefficient (Wildman–Crippen LogP) is 2.95. The smallest absolute Gasteiger partial charge is 0.161 e. The highest BCUT2D eigenvalue weighted by Gasteiger charge is 2.05. The third-order valence-electron chi connectivity index (χ3n) is 3.24. The number of methoxy groups -OCH3 is 1. The number of hydrogen-bond acceptors (Lipinski definition) is 6. The van der Waals surface area contributed by atoms with Gasteiger partial charge in [-0.15, -0.1) is 0 Å². The van der Waals surface area contributed by atoms with Crippen molar-refractivity contribution in [2.45, 2.75) is 13.3 Å². The first kappa shape index (κ1) is 18.6. The topological polar surface area (TPSA) is 83.0 Å². The molecule has 0 saturated heterocycles. The first-order valence-electron chi connectivity index (χ1n) is 7.66. The lowest BCUT2D eigenvalue weighted by atomic mass is 10.2. The minimum atomic E-state index is -1.34. The molecule has 1 N–H and O–H groups in total. The van der Waals surface area contributed by atoms with E-state index in [1.807, 2.05) is 19.1 Å². The molecule has 0 aliphatic heterocycles. The number of benzene rings is 2. The molecule has 2 aromatic carbocycles. The number of carbonyl (C=O) groups excluding carboxylic acids is 1. The molecule has 132 valence electrons. The molecular formula is C18H18ClN2O4-. The molecule has 0 fully saturated rings. The van der Waals surface area contributed by atoms with Crippen molar-refractivity contribution >= 4 is 29.5 Å². The normalized spacial score (nSPS) is 10.7. The van der Waals surface area contributed by atoms with Crippen molar-refractivity contribution in [1.29, 1.82) is 0 Å². The Morgan fingerprint density at radius 1 is 1.28 bits per heavy atom. The van der Waals surface area contributed by atoms with Crippen molar-refractivity contribution in [3.05, 3.63) is 52.5 Å². The van der Waals surface area contributed by atoms with E-state index >= 15 is 0 Å². The van der Waals surface area contributed by atoms with Crippen LogP contribution in [-0.4, -0.2) is 25.9 Å². The zero-order valence-corrected chi connectivity index (χ0v) is 14.7. The van der Waals surface area contributed by atoms with Crippen LogP contribution in [0.15, 0.2) is 41.5 Å². The average molecular weight is 362 g/mol. The van der Waals surface area contributed by atoms with Gasteiger partial charge in [0, 0.05) is 10.6 Å². The number of carboxylic acids is 1. The van der Waals surface area contributed by atoms with Crippen LogP contribution in [0.2, 0.25) is 5.02 Å². The first-order chi connectivity index (χ1) is 12.0. The molecule has 0 atom stereocenters. The molecule has 0 heterocycles. The van der Waals surface area contributed by atoms with Gasteiger partial charge < -0.3 is 19.4 Å². The number of carbonyl (C=O) groups is 1. The summed E-state index contributed by atoms with van der Waals surface area (Å²) >= 11 is 5.79. The Labute approximate surface area is 151 Å². The summed E-state index contributed by atoms with van der Waals surface area (Å²) in [6, 6.07) is 9.89. The Hall–Kier alpha value is -2.73. The second kappa shape index (κ2) is 8.94. The van der Waals surface area contributed by atoms with Gasteiger partial charge in [0.1, 0.15) is 0 Å². The van der Waals surface area contributed by atoms with Gasteiger partial charge in [-0.25, -0.2) is 0 Å². The lowest BCUT2D eigenvalue weighted by Gasteiger charge is -2.10. The average Bonchev–Trinajstić information content (AvgIpc) is 2.61. The SMILES string of the molecule is CCCOc1ccc(C=NNc2ccc(Cl)c(C(=O)[O-])c2)cc1OC. The maximum Gasteiger partial charge on any atom is 0.161 e. The summed E-state index contributed by atoms with van der Waals surface area (Å²) in [6.07, 6.45) is 2.49. The highest BCUT2D eigenvalue weighted by molar-refractivity contribution is 6.33. The van der Waals surface area contributed by atoms with Gasteiger partial charge in [0.25, 0.3) is 0 Å². The zero-order valence-electron chi connectivity index (χ0n) is 13.9. The van der Waals surface area contributed by atoms with Gasteiger partial charge >= 0.3 is 0 Å². The minimum Gasteiger partial charge on any atom is -0.545 e. The Kier molecular flexibility index (Phi) is 6.65. The number of anilines is 1. The molecule has 2 rings (SSSR count). The van der Waals surface area contributed by atoms with E-state index in [1.165, 1.54) is 12.1 Å². The van der Waals surface area contributed by atoms with Gasteiger partial charge in [0.05, 0.1) is 31.6 Å². The number of halogens is 1. The van der Waals surface area contributed by atoms with Gasteiger partial charge in [0.2, 0.25) is 0 Å². The van der Waals surface area contributed by atoms with E-state index in [0.717, 1.165) is 12.0 Å². The summed E-state index contributed by atoms with van der Waals surface area (Å²) in [7, 11) is 1.57. The zero-order chi connectivity index (χ0) is 18.2. The number of nitrogens with zero attached hydrogens (tertiary/aromatic N) is 1. The van der Waals surface area contributed by atoms with Crippen LogP contribution >= 0.6 is 11.6 Å². The summed E-state index contributed by atoms with van der Waals surface area (Å²) in [5.74, 6) is -0.0566. The number of aromatic carboxylic acids is 1. The lowest BCUT2D eigenvalue weighted by molar-refractivity contribution is -0.255. The third-order valence-corrected chi connectivity index (χ3v) is 3.57. The Morgan fingerprint density at radius 3 is 2.76 bits per heavy atom. The molecule has 2 aromatic rings. The fourth-order valence-electron chi connectivity index (χ4n) is 2.03. The quantitative estimate of drug-likeness (QED) is 0.577. The Bertz CT molecular complexity index is 778. The van der Waals surface area contributed by atoms with Gasteiger partial charge in [-0.3, -0.25) is 5.43 Å². The largest absolute Gasteiger partial charge is 0.545 e. The van der Waals surface area contributed by atoms with Crippen molar-refractivity contribution in [3.8, 4) is 11.5 Å². The maximum absolute atomic E-state index is 11.0. The molecule has 7 heteroatoms.